The van der Waals surface area contributed by atoms with Crippen molar-refractivity contribution in [3.63, 3.8) is 0 Å². The topological polar surface area (TPSA) is 15.3 Å². The van der Waals surface area contributed by atoms with Gasteiger partial charge < -0.3 is 10.2 Å². The molecule has 0 spiro atoms. The Bertz CT molecular complexity index is 409. The molecule has 1 N–H and O–H groups in total. The van der Waals surface area contributed by atoms with E-state index in [1.165, 1.54) is 57.5 Å². The quantitative estimate of drug-likeness (QED) is 0.897. The molecule has 2 heterocycles. The smallest absolute Gasteiger partial charge is 0.00509 e. The minimum Gasteiger partial charge on any atom is -0.317 e. The van der Waals surface area contributed by atoms with Gasteiger partial charge in [-0.25, -0.2) is 0 Å². The monoisotopic (exact) mass is 258 g/mol. The van der Waals surface area contributed by atoms with Crippen LogP contribution in [0.1, 0.15) is 36.3 Å². The number of piperidine rings is 1. The van der Waals surface area contributed by atoms with E-state index >= 15 is 0 Å². The predicted molar refractivity (Wildman–Crippen MR) is 80.6 cm³/mol. The summed E-state index contributed by atoms with van der Waals surface area (Å²) < 4.78 is 0. The largest absolute Gasteiger partial charge is 0.317 e. The van der Waals surface area contributed by atoms with Gasteiger partial charge in [0.1, 0.15) is 0 Å². The molecule has 0 aromatic heterocycles. The first-order chi connectivity index (χ1) is 9.31. The highest BCUT2D eigenvalue weighted by atomic mass is 15.1. The van der Waals surface area contributed by atoms with Crippen molar-refractivity contribution in [1.29, 1.82) is 0 Å². The number of nitrogens with zero attached hydrogens (tertiary/aromatic N) is 1. The van der Waals surface area contributed by atoms with Crippen molar-refractivity contribution >= 4 is 0 Å². The Morgan fingerprint density at radius 1 is 1.21 bits per heavy atom. The van der Waals surface area contributed by atoms with Gasteiger partial charge >= 0.3 is 0 Å². The first kappa shape index (κ1) is 13.1. The summed E-state index contributed by atoms with van der Waals surface area (Å²) in [6.07, 6.45) is 4.08. The fourth-order valence-corrected chi connectivity index (χ4v) is 3.62. The van der Waals surface area contributed by atoms with Crippen LogP contribution in [0.25, 0.3) is 0 Å². The summed E-state index contributed by atoms with van der Waals surface area (Å²) in [6, 6.07) is 9.09. The standard InChI is InChI=1S/C17H26N2/c1-14-3-2-4-16(11-14)17-7-10-19(13-17)12-15-5-8-18-9-6-15/h2-4,11,15,17-18H,5-10,12-13H2,1H3. The summed E-state index contributed by atoms with van der Waals surface area (Å²) in [5.41, 5.74) is 2.95. The van der Waals surface area contributed by atoms with Gasteiger partial charge in [-0.3, -0.25) is 0 Å². The van der Waals surface area contributed by atoms with Crippen LogP contribution in [-0.4, -0.2) is 37.6 Å². The minimum atomic E-state index is 0.765. The third-order valence-corrected chi connectivity index (χ3v) is 4.76. The van der Waals surface area contributed by atoms with Crippen LogP contribution >= 0.6 is 0 Å². The maximum absolute atomic E-state index is 3.46. The number of hydrogen-bond acceptors (Lipinski definition) is 2. The summed E-state index contributed by atoms with van der Waals surface area (Å²) >= 11 is 0. The van der Waals surface area contributed by atoms with Gasteiger partial charge in [0.05, 0.1) is 0 Å². The number of aryl methyl sites for hydroxylation is 1. The van der Waals surface area contributed by atoms with Crippen molar-refractivity contribution < 1.29 is 0 Å². The van der Waals surface area contributed by atoms with Crippen LogP contribution < -0.4 is 5.32 Å². The highest BCUT2D eigenvalue weighted by molar-refractivity contribution is 5.26. The van der Waals surface area contributed by atoms with Crippen LogP contribution in [0.5, 0.6) is 0 Å². The number of nitrogens with one attached hydrogen (secondary N) is 1. The van der Waals surface area contributed by atoms with E-state index < -0.39 is 0 Å². The van der Waals surface area contributed by atoms with E-state index in [-0.39, 0.29) is 0 Å². The van der Waals surface area contributed by atoms with Crippen molar-refractivity contribution in [2.24, 2.45) is 5.92 Å². The molecule has 0 bridgehead atoms. The van der Waals surface area contributed by atoms with Gasteiger partial charge in [-0.15, -0.1) is 0 Å². The molecule has 19 heavy (non-hydrogen) atoms. The summed E-state index contributed by atoms with van der Waals surface area (Å²) in [6.45, 7) is 8.53. The van der Waals surface area contributed by atoms with Crippen LogP contribution in [0.3, 0.4) is 0 Å². The molecule has 1 atom stereocenters. The molecule has 1 aromatic carbocycles. The normalized spacial score (nSPS) is 25.8. The molecule has 0 saturated carbocycles. The van der Waals surface area contributed by atoms with Gasteiger partial charge in [-0.2, -0.15) is 0 Å². The summed E-state index contributed by atoms with van der Waals surface area (Å²) in [5, 5.41) is 3.46. The lowest BCUT2D eigenvalue weighted by atomic mass is 9.96. The average Bonchev–Trinajstić information content (AvgIpc) is 2.88. The van der Waals surface area contributed by atoms with E-state index in [1.807, 2.05) is 0 Å². The lowest BCUT2D eigenvalue weighted by Crippen LogP contribution is -2.35. The Kier molecular flexibility index (Phi) is 4.19. The zero-order chi connectivity index (χ0) is 13.1. The Morgan fingerprint density at radius 2 is 2.05 bits per heavy atom. The van der Waals surface area contributed by atoms with Gasteiger partial charge in [-0.1, -0.05) is 29.8 Å². The molecule has 2 aliphatic rings. The Morgan fingerprint density at radius 3 is 2.84 bits per heavy atom. The predicted octanol–water partition coefficient (Wildman–Crippen LogP) is 2.78. The number of benzene rings is 1. The van der Waals surface area contributed by atoms with Crippen molar-refractivity contribution in [3.05, 3.63) is 35.4 Å². The fraction of sp³-hybridized carbons (Fsp3) is 0.647. The zero-order valence-electron chi connectivity index (χ0n) is 12.1. The highest BCUT2D eigenvalue weighted by Crippen LogP contribution is 2.29. The van der Waals surface area contributed by atoms with Gasteiger partial charge in [0, 0.05) is 13.1 Å². The summed E-state index contributed by atoms with van der Waals surface area (Å²) in [7, 11) is 0. The molecule has 2 nitrogen and oxygen atoms in total. The van der Waals surface area contributed by atoms with E-state index in [2.05, 4.69) is 41.4 Å². The molecule has 2 fully saturated rings. The Hall–Kier alpha value is -0.860. The molecule has 2 saturated heterocycles. The van der Waals surface area contributed by atoms with Gasteiger partial charge in [0.25, 0.3) is 0 Å². The third-order valence-electron chi connectivity index (χ3n) is 4.76. The number of likely N-dealkylation sites (tertiary alicyclic amines) is 1. The molecular formula is C17H26N2. The molecule has 0 aliphatic carbocycles. The molecular weight excluding hydrogens is 232 g/mol. The lowest BCUT2D eigenvalue weighted by molar-refractivity contribution is 0.239. The van der Waals surface area contributed by atoms with E-state index in [4.69, 9.17) is 0 Å². The van der Waals surface area contributed by atoms with E-state index in [1.54, 1.807) is 5.56 Å². The minimum absolute atomic E-state index is 0.765. The number of hydrogen-bond donors (Lipinski definition) is 1. The summed E-state index contributed by atoms with van der Waals surface area (Å²) in [5.74, 6) is 1.69. The molecule has 2 aliphatic heterocycles. The molecule has 1 unspecified atom stereocenters. The number of rotatable bonds is 3. The second-order valence-electron chi connectivity index (χ2n) is 6.35. The maximum Gasteiger partial charge on any atom is 0.00509 e. The van der Waals surface area contributed by atoms with Crippen LogP contribution in [0.15, 0.2) is 24.3 Å². The van der Waals surface area contributed by atoms with Crippen molar-refractivity contribution in [3.8, 4) is 0 Å². The van der Waals surface area contributed by atoms with Crippen LogP contribution in [-0.2, 0) is 0 Å². The van der Waals surface area contributed by atoms with Crippen molar-refractivity contribution in [1.82, 2.24) is 10.2 Å². The van der Waals surface area contributed by atoms with E-state index in [0.29, 0.717) is 0 Å². The van der Waals surface area contributed by atoms with Gasteiger partial charge in [-0.05, 0) is 63.2 Å². The van der Waals surface area contributed by atoms with Gasteiger partial charge in [0.2, 0.25) is 0 Å². The van der Waals surface area contributed by atoms with Gasteiger partial charge in [0.15, 0.2) is 0 Å². The fourth-order valence-electron chi connectivity index (χ4n) is 3.62. The molecule has 1 aromatic rings. The summed E-state index contributed by atoms with van der Waals surface area (Å²) in [4.78, 5) is 2.70. The van der Waals surface area contributed by atoms with Crippen molar-refractivity contribution in [2.45, 2.75) is 32.1 Å². The third kappa shape index (κ3) is 3.37. The zero-order valence-corrected chi connectivity index (χ0v) is 12.1. The van der Waals surface area contributed by atoms with E-state index in [9.17, 15) is 0 Å². The maximum atomic E-state index is 3.46. The highest BCUT2D eigenvalue weighted by Gasteiger charge is 2.26. The lowest BCUT2D eigenvalue weighted by Gasteiger charge is -2.27. The molecule has 2 heteroatoms. The Balaban J connectivity index is 1.55. The van der Waals surface area contributed by atoms with E-state index in [0.717, 1.165) is 11.8 Å². The van der Waals surface area contributed by atoms with Crippen LogP contribution in [0.4, 0.5) is 0 Å². The first-order valence-corrected chi connectivity index (χ1v) is 7.81. The van der Waals surface area contributed by atoms with Crippen LogP contribution in [0, 0.1) is 12.8 Å². The molecule has 0 radical (unpaired) electrons. The SMILES string of the molecule is Cc1cccc(C2CCN(CC3CCNCC3)C2)c1. The van der Waals surface area contributed by atoms with Crippen LogP contribution in [0.2, 0.25) is 0 Å². The second kappa shape index (κ2) is 6.06. The molecule has 104 valence electrons. The molecule has 3 rings (SSSR count). The second-order valence-corrected chi connectivity index (χ2v) is 6.35. The molecule has 0 amide bonds. The Labute approximate surface area is 117 Å². The van der Waals surface area contributed by atoms with Crippen molar-refractivity contribution in [2.75, 3.05) is 32.7 Å². The average molecular weight is 258 g/mol. The first-order valence-electron chi connectivity index (χ1n) is 7.81.